The van der Waals surface area contributed by atoms with Gasteiger partial charge in [0.15, 0.2) is 0 Å². The number of nitrogens with zero attached hydrogens (tertiary/aromatic N) is 1. The number of aromatic nitrogens is 1. The predicted molar refractivity (Wildman–Crippen MR) is 164 cm³/mol. The van der Waals surface area contributed by atoms with Crippen LogP contribution >= 0.6 is 0 Å². The number of nitrogens with one attached hydrogen (secondary N) is 3. The Kier molecular flexibility index (Phi) is 11.7. The summed E-state index contributed by atoms with van der Waals surface area (Å²) in [4.78, 5) is 40.7. The van der Waals surface area contributed by atoms with Gasteiger partial charge in [0, 0.05) is 49.1 Å². The molecular weight excluding hydrogens is 528 g/mol. The first kappa shape index (κ1) is 30.0. The molecule has 4 rings (SSSR count). The molecular formula is C34H36N4O4. The van der Waals surface area contributed by atoms with Crippen LogP contribution in [0, 0.1) is 0 Å². The fourth-order valence-electron chi connectivity index (χ4n) is 4.20. The largest absolute Gasteiger partial charge is 0.494 e. The Labute approximate surface area is 246 Å². The van der Waals surface area contributed by atoms with Crippen LogP contribution in [0.1, 0.15) is 36.9 Å². The van der Waals surface area contributed by atoms with Crippen molar-refractivity contribution in [3.05, 3.63) is 115 Å². The molecule has 0 unspecified atom stereocenters. The number of carbonyl (C=O) groups excluding carboxylic acids is 3. The van der Waals surface area contributed by atoms with Crippen LogP contribution in [-0.4, -0.2) is 35.9 Å². The van der Waals surface area contributed by atoms with Crippen molar-refractivity contribution < 1.29 is 19.1 Å². The van der Waals surface area contributed by atoms with Gasteiger partial charge >= 0.3 is 0 Å². The Bertz CT molecular complexity index is 1410. The monoisotopic (exact) mass is 564 g/mol. The van der Waals surface area contributed by atoms with Gasteiger partial charge < -0.3 is 20.7 Å². The molecule has 42 heavy (non-hydrogen) atoms. The third-order valence-electron chi connectivity index (χ3n) is 6.46. The van der Waals surface area contributed by atoms with Crippen molar-refractivity contribution in [3.63, 3.8) is 0 Å². The second-order valence-corrected chi connectivity index (χ2v) is 9.82. The average Bonchev–Trinajstić information content (AvgIpc) is 3.01. The second-order valence-electron chi connectivity index (χ2n) is 9.82. The standard InChI is InChI=1S/C34H36N4O4/c39-32(13-7-14-33(40)38-29-11-5-2-6-12-29)35-21-8-22-42-31-19-16-27(17-20-31)28-15-18-30(36-25-28)23-34(41)37-24-26-9-3-1-4-10-26/h1-6,9-12,15-20,25H,7-8,13-14,21-24H2,(H,35,39)(H,37,41)(H,38,40). The van der Waals surface area contributed by atoms with Crippen molar-refractivity contribution in [2.45, 2.75) is 38.6 Å². The summed E-state index contributed by atoms with van der Waals surface area (Å²) in [6.45, 7) is 1.48. The first-order valence-corrected chi connectivity index (χ1v) is 14.2. The lowest BCUT2D eigenvalue weighted by Crippen LogP contribution is -2.25. The molecule has 8 nitrogen and oxygen atoms in total. The van der Waals surface area contributed by atoms with E-state index in [4.69, 9.17) is 4.74 Å². The van der Waals surface area contributed by atoms with E-state index in [1.165, 1.54) is 0 Å². The van der Waals surface area contributed by atoms with Gasteiger partial charge in [-0.15, -0.1) is 0 Å². The summed E-state index contributed by atoms with van der Waals surface area (Å²) in [5.74, 6) is 0.512. The van der Waals surface area contributed by atoms with Gasteiger partial charge in [0.05, 0.1) is 13.0 Å². The van der Waals surface area contributed by atoms with Crippen molar-refractivity contribution in [1.82, 2.24) is 15.6 Å². The molecule has 0 fully saturated rings. The molecule has 0 radical (unpaired) electrons. The molecule has 0 aliphatic carbocycles. The summed E-state index contributed by atoms with van der Waals surface area (Å²) in [6.07, 6.45) is 3.78. The Morgan fingerprint density at radius 2 is 1.36 bits per heavy atom. The highest BCUT2D eigenvalue weighted by Gasteiger charge is 2.07. The third kappa shape index (κ3) is 10.5. The van der Waals surface area contributed by atoms with Gasteiger partial charge in [-0.2, -0.15) is 0 Å². The first-order chi connectivity index (χ1) is 20.5. The Balaban J connectivity index is 1.08. The maximum atomic E-state index is 12.3. The molecule has 1 heterocycles. The van der Waals surface area contributed by atoms with Gasteiger partial charge in [0.2, 0.25) is 17.7 Å². The Morgan fingerprint density at radius 1 is 0.667 bits per heavy atom. The van der Waals surface area contributed by atoms with Crippen LogP contribution in [0.2, 0.25) is 0 Å². The zero-order valence-corrected chi connectivity index (χ0v) is 23.6. The molecule has 0 saturated heterocycles. The van der Waals surface area contributed by atoms with Crippen LogP contribution in [0.3, 0.4) is 0 Å². The molecule has 3 aromatic carbocycles. The van der Waals surface area contributed by atoms with Crippen LogP contribution < -0.4 is 20.7 Å². The molecule has 8 heteroatoms. The fraction of sp³-hybridized carbons (Fsp3) is 0.235. The topological polar surface area (TPSA) is 109 Å². The number of rotatable bonds is 15. The van der Waals surface area contributed by atoms with Crippen LogP contribution in [0.5, 0.6) is 5.75 Å². The zero-order valence-electron chi connectivity index (χ0n) is 23.6. The van der Waals surface area contributed by atoms with E-state index in [-0.39, 0.29) is 24.1 Å². The lowest BCUT2D eigenvalue weighted by molar-refractivity contribution is -0.122. The van der Waals surface area contributed by atoms with Crippen LogP contribution in [0.15, 0.2) is 103 Å². The third-order valence-corrected chi connectivity index (χ3v) is 6.46. The average molecular weight is 565 g/mol. The summed E-state index contributed by atoms with van der Waals surface area (Å²) < 4.78 is 5.80. The Hall–Kier alpha value is -4.98. The van der Waals surface area contributed by atoms with Gasteiger partial charge in [-0.1, -0.05) is 66.7 Å². The number of amides is 3. The van der Waals surface area contributed by atoms with E-state index in [9.17, 15) is 14.4 Å². The van der Waals surface area contributed by atoms with Crippen molar-refractivity contribution >= 4 is 23.4 Å². The molecule has 3 amide bonds. The minimum absolute atomic E-state index is 0.0660. The fourth-order valence-corrected chi connectivity index (χ4v) is 4.20. The summed E-state index contributed by atoms with van der Waals surface area (Å²) >= 11 is 0. The number of ether oxygens (including phenoxy) is 1. The molecule has 0 bridgehead atoms. The van der Waals surface area contributed by atoms with Gasteiger partial charge in [-0.3, -0.25) is 19.4 Å². The van der Waals surface area contributed by atoms with Crippen molar-refractivity contribution in [1.29, 1.82) is 0 Å². The molecule has 216 valence electrons. The number of pyridine rings is 1. The minimum Gasteiger partial charge on any atom is -0.494 e. The highest BCUT2D eigenvalue weighted by atomic mass is 16.5. The first-order valence-electron chi connectivity index (χ1n) is 14.2. The molecule has 3 N–H and O–H groups in total. The number of para-hydroxylation sites is 1. The summed E-state index contributed by atoms with van der Waals surface area (Å²) in [5, 5.41) is 8.61. The van der Waals surface area contributed by atoms with E-state index in [1.54, 1.807) is 6.20 Å². The highest BCUT2D eigenvalue weighted by Crippen LogP contribution is 2.22. The van der Waals surface area contributed by atoms with E-state index in [2.05, 4.69) is 20.9 Å². The lowest BCUT2D eigenvalue weighted by atomic mass is 10.1. The molecule has 0 atom stereocenters. The van der Waals surface area contributed by atoms with Crippen LogP contribution in [-0.2, 0) is 27.3 Å². The number of hydrogen-bond acceptors (Lipinski definition) is 5. The number of carbonyl (C=O) groups is 3. The quantitative estimate of drug-likeness (QED) is 0.170. The number of anilines is 1. The van der Waals surface area contributed by atoms with E-state index in [0.29, 0.717) is 51.1 Å². The number of benzene rings is 3. The predicted octanol–water partition coefficient (Wildman–Crippen LogP) is 5.30. The number of hydrogen-bond donors (Lipinski definition) is 3. The molecule has 0 aliphatic rings. The minimum atomic E-state index is -0.0964. The van der Waals surface area contributed by atoms with Crippen molar-refractivity contribution in [3.8, 4) is 16.9 Å². The summed E-state index contributed by atoms with van der Waals surface area (Å²) in [5.41, 5.74) is 4.48. The Morgan fingerprint density at radius 3 is 2.07 bits per heavy atom. The van der Waals surface area contributed by atoms with Crippen LogP contribution in [0.25, 0.3) is 11.1 Å². The summed E-state index contributed by atoms with van der Waals surface area (Å²) in [7, 11) is 0. The van der Waals surface area contributed by atoms with Crippen LogP contribution in [0.4, 0.5) is 5.69 Å². The van der Waals surface area contributed by atoms with Gasteiger partial charge in [-0.25, -0.2) is 0 Å². The van der Waals surface area contributed by atoms with Crippen molar-refractivity contribution in [2.24, 2.45) is 0 Å². The van der Waals surface area contributed by atoms with Gasteiger partial charge in [0.1, 0.15) is 5.75 Å². The van der Waals surface area contributed by atoms with Crippen molar-refractivity contribution in [2.75, 3.05) is 18.5 Å². The molecule has 0 aliphatic heterocycles. The maximum absolute atomic E-state index is 12.3. The molecule has 4 aromatic rings. The van der Waals surface area contributed by atoms with E-state index < -0.39 is 0 Å². The highest BCUT2D eigenvalue weighted by molar-refractivity contribution is 5.91. The van der Waals surface area contributed by atoms with E-state index in [1.807, 2.05) is 97.1 Å². The lowest BCUT2D eigenvalue weighted by Gasteiger charge is -2.09. The van der Waals surface area contributed by atoms with E-state index in [0.717, 1.165) is 28.1 Å². The van der Waals surface area contributed by atoms with Gasteiger partial charge in [-0.05, 0) is 54.3 Å². The zero-order chi connectivity index (χ0) is 29.4. The normalized spacial score (nSPS) is 10.5. The van der Waals surface area contributed by atoms with E-state index >= 15 is 0 Å². The molecule has 0 saturated carbocycles. The maximum Gasteiger partial charge on any atom is 0.226 e. The summed E-state index contributed by atoms with van der Waals surface area (Å²) in [6, 6.07) is 30.6. The smallest absolute Gasteiger partial charge is 0.226 e. The molecule has 1 aromatic heterocycles. The SMILES string of the molecule is O=C(CCCC(=O)Nc1ccccc1)NCCCOc1ccc(-c2ccc(CC(=O)NCc3ccccc3)nc2)cc1. The van der Waals surface area contributed by atoms with Gasteiger partial charge in [0.25, 0.3) is 0 Å². The second kappa shape index (κ2) is 16.3. The molecule has 0 spiro atoms.